The summed E-state index contributed by atoms with van der Waals surface area (Å²) < 4.78 is 42.6. The van der Waals surface area contributed by atoms with Gasteiger partial charge in [0.15, 0.2) is 0 Å². The number of alkyl halides is 3. The first-order chi connectivity index (χ1) is 9.36. The summed E-state index contributed by atoms with van der Waals surface area (Å²) in [5.41, 5.74) is 0.114. The minimum Gasteiger partial charge on any atom is -0.462 e. The molecule has 3 nitrogen and oxygen atoms in total. The van der Waals surface area contributed by atoms with Gasteiger partial charge in [-0.3, -0.25) is 4.79 Å². The first-order valence-electron chi connectivity index (χ1n) is 6.44. The summed E-state index contributed by atoms with van der Waals surface area (Å²) in [5, 5.41) is 3.22. The van der Waals surface area contributed by atoms with Crippen LogP contribution in [-0.2, 0) is 15.7 Å². The van der Waals surface area contributed by atoms with Gasteiger partial charge in [-0.25, -0.2) is 0 Å². The highest BCUT2D eigenvalue weighted by Gasteiger charge is 2.31. The van der Waals surface area contributed by atoms with Crippen molar-refractivity contribution < 1.29 is 22.7 Å². The van der Waals surface area contributed by atoms with Crippen molar-refractivity contribution in [1.82, 2.24) is 5.32 Å². The number of benzene rings is 1. The fourth-order valence-electron chi connectivity index (χ4n) is 2.38. The minimum atomic E-state index is -4.32. The van der Waals surface area contributed by atoms with E-state index in [0.29, 0.717) is 13.0 Å². The lowest BCUT2D eigenvalue weighted by molar-refractivity contribution is -0.148. The number of ether oxygens (including phenoxy) is 1. The molecular formula is C14H16F3NO2. The highest BCUT2D eigenvalue weighted by molar-refractivity contribution is 5.66. The van der Waals surface area contributed by atoms with Gasteiger partial charge >= 0.3 is 12.1 Å². The monoisotopic (exact) mass is 287 g/mol. The molecule has 0 aromatic heterocycles. The van der Waals surface area contributed by atoms with E-state index in [1.54, 1.807) is 0 Å². The lowest BCUT2D eigenvalue weighted by Crippen LogP contribution is -2.36. The Kier molecular flexibility index (Phi) is 4.32. The van der Waals surface area contributed by atoms with Crippen LogP contribution in [0.4, 0.5) is 13.2 Å². The second kappa shape index (κ2) is 5.83. The van der Waals surface area contributed by atoms with Gasteiger partial charge in [-0.15, -0.1) is 0 Å². The summed E-state index contributed by atoms with van der Waals surface area (Å²) in [6, 6.07) is 5.00. The van der Waals surface area contributed by atoms with Gasteiger partial charge in [0.1, 0.15) is 6.10 Å². The van der Waals surface area contributed by atoms with E-state index in [2.05, 4.69) is 5.32 Å². The summed E-state index contributed by atoms with van der Waals surface area (Å²) in [6.45, 7) is 2.03. The Morgan fingerprint density at radius 2 is 1.95 bits per heavy atom. The molecule has 0 bridgehead atoms. The molecule has 1 N–H and O–H groups in total. The van der Waals surface area contributed by atoms with E-state index in [4.69, 9.17) is 4.74 Å². The molecule has 0 saturated carbocycles. The number of esters is 1. The molecule has 0 spiro atoms. The quantitative estimate of drug-likeness (QED) is 0.850. The number of hydrogen-bond acceptors (Lipinski definition) is 3. The summed E-state index contributed by atoms with van der Waals surface area (Å²) >= 11 is 0. The van der Waals surface area contributed by atoms with Crippen LogP contribution < -0.4 is 5.32 Å². The molecule has 1 aromatic carbocycles. The molecule has 2 atom stereocenters. The normalized spacial score (nSPS) is 23.4. The van der Waals surface area contributed by atoms with Gasteiger partial charge in [0.25, 0.3) is 0 Å². The number of halogens is 3. The van der Waals surface area contributed by atoms with Gasteiger partial charge in [0.2, 0.25) is 0 Å². The number of piperidine rings is 1. The van der Waals surface area contributed by atoms with Gasteiger partial charge in [-0.2, -0.15) is 13.2 Å². The van der Waals surface area contributed by atoms with Gasteiger partial charge in [-0.05, 0) is 30.7 Å². The number of carbonyl (C=O) groups is 1. The van der Waals surface area contributed by atoms with Crippen LogP contribution in [0.2, 0.25) is 0 Å². The van der Waals surface area contributed by atoms with Crippen LogP contribution >= 0.6 is 0 Å². The highest BCUT2D eigenvalue weighted by atomic mass is 19.4. The molecule has 0 amide bonds. The van der Waals surface area contributed by atoms with Crippen molar-refractivity contribution in [1.29, 1.82) is 0 Å². The Hall–Kier alpha value is -1.56. The van der Waals surface area contributed by atoms with Crippen LogP contribution in [0.1, 0.15) is 36.9 Å². The molecule has 1 aromatic rings. The van der Waals surface area contributed by atoms with E-state index in [-0.39, 0.29) is 18.1 Å². The standard InChI is InChI=1S/C14H16F3NO2/c1-9(19)20-12-6-7-18-13(8-12)10-2-4-11(5-3-10)14(15,16)17/h2-5,12-13,18H,6-8H2,1H3. The van der Waals surface area contributed by atoms with Crippen molar-refractivity contribution >= 4 is 5.97 Å². The Morgan fingerprint density at radius 1 is 1.30 bits per heavy atom. The van der Waals surface area contributed by atoms with Crippen LogP contribution in [0.5, 0.6) is 0 Å². The molecule has 20 heavy (non-hydrogen) atoms. The molecule has 110 valence electrons. The summed E-state index contributed by atoms with van der Waals surface area (Å²) in [7, 11) is 0. The molecule has 0 radical (unpaired) electrons. The molecule has 1 aliphatic heterocycles. The third-order valence-electron chi connectivity index (χ3n) is 3.33. The Labute approximate surface area is 115 Å². The molecule has 6 heteroatoms. The zero-order valence-electron chi connectivity index (χ0n) is 11.0. The van der Waals surface area contributed by atoms with Crippen LogP contribution in [0, 0.1) is 0 Å². The molecule has 1 saturated heterocycles. The summed E-state index contributed by atoms with van der Waals surface area (Å²) in [5.74, 6) is -0.330. The highest BCUT2D eigenvalue weighted by Crippen LogP contribution is 2.31. The Morgan fingerprint density at radius 3 is 2.50 bits per heavy atom. The SMILES string of the molecule is CC(=O)OC1CCNC(c2ccc(C(F)(F)F)cc2)C1. The van der Waals surface area contributed by atoms with E-state index in [1.807, 2.05) is 0 Å². The average molecular weight is 287 g/mol. The van der Waals surface area contributed by atoms with Crippen LogP contribution in [0.15, 0.2) is 24.3 Å². The molecule has 1 fully saturated rings. The maximum Gasteiger partial charge on any atom is 0.416 e. The van der Waals surface area contributed by atoms with E-state index in [0.717, 1.165) is 24.1 Å². The largest absolute Gasteiger partial charge is 0.462 e. The zero-order valence-corrected chi connectivity index (χ0v) is 11.0. The predicted molar refractivity (Wildman–Crippen MR) is 67.0 cm³/mol. The Bertz CT molecular complexity index is 470. The van der Waals surface area contributed by atoms with E-state index < -0.39 is 11.7 Å². The van der Waals surface area contributed by atoms with Gasteiger partial charge in [0.05, 0.1) is 5.56 Å². The second-order valence-electron chi connectivity index (χ2n) is 4.88. The molecular weight excluding hydrogens is 271 g/mol. The van der Waals surface area contributed by atoms with E-state index >= 15 is 0 Å². The topological polar surface area (TPSA) is 38.3 Å². The number of carbonyl (C=O) groups excluding carboxylic acids is 1. The third-order valence-corrected chi connectivity index (χ3v) is 3.33. The van der Waals surface area contributed by atoms with E-state index in [9.17, 15) is 18.0 Å². The smallest absolute Gasteiger partial charge is 0.416 e. The van der Waals surface area contributed by atoms with Gasteiger partial charge in [0, 0.05) is 19.4 Å². The summed E-state index contributed by atoms with van der Waals surface area (Å²) in [6.07, 6.45) is -3.21. The molecule has 0 aliphatic carbocycles. The first-order valence-corrected chi connectivity index (χ1v) is 6.44. The minimum absolute atomic E-state index is 0.0876. The summed E-state index contributed by atoms with van der Waals surface area (Å²) in [4.78, 5) is 10.9. The van der Waals surface area contributed by atoms with Crippen molar-refractivity contribution in [3.63, 3.8) is 0 Å². The van der Waals surface area contributed by atoms with Crippen molar-refractivity contribution in [3.05, 3.63) is 35.4 Å². The Balaban J connectivity index is 2.05. The van der Waals surface area contributed by atoms with Gasteiger partial charge in [-0.1, -0.05) is 12.1 Å². The van der Waals surface area contributed by atoms with Crippen LogP contribution in [0.25, 0.3) is 0 Å². The van der Waals surface area contributed by atoms with Gasteiger partial charge < -0.3 is 10.1 Å². The average Bonchev–Trinajstić information content (AvgIpc) is 2.37. The zero-order chi connectivity index (χ0) is 14.8. The second-order valence-corrected chi connectivity index (χ2v) is 4.88. The number of rotatable bonds is 2. The number of hydrogen-bond donors (Lipinski definition) is 1. The number of nitrogens with one attached hydrogen (secondary N) is 1. The molecule has 1 aliphatic rings. The lowest BCUT2D eigenvalue weighted by Gasteiger charge is -2.30. The molecule has 2 rings (SSSR count). The molecule has 1 heterocycles. The van der Waals surface area contributed by atoms with Crippen molar-refractivity contribution in [2.45, 2.75) is 38.1 Å². The van der Waals surface area contributed by atoms with Crippen molar-refractivity contribution in [3.8, 4) is 0 Å². The maximum atomic E-state index is 12.5. The third kappa shape index (κ3) is 3.72. The van der Waals surface area contributed by atoms with Crippen molar-refractivity contribution in [2.24, 2.45) is 0 Å². The fourth-order valence-corrected chi connectivity index (χ4v) is 2.38. The predicted octanol–water partition coefficient (Wildman–Crippen LogP) is 3.06. The lowest BCUT2D eigenvalue weighted by atomic mass is 9.94. The maximum absolute atomic E-state index is 12.5. The molecule has 2 unspecified atom stereocenters. The fraction of sp³-hybridized carbons (Fsp3) is 0.500. The first kappa shape index (κ1) is 14.8. The van der Waals surface area contributed by atoms with Crippen LogP contribution in [0.3, 0.4) is 0 Å². The van der Waals surface area contributed by atoms with Crippen molar-refractivity contribution in [2.75, 3.05) is 6.54 Å². The van der Waals surface area contributed by atoms with E-state index in [1.165, 1.54) is 19.1 Å². The van der Waals surface area contributed by atoms with Crippen LogP contribution in [-0.4, -0.2) is 18.6 Å².